The number of hydrogen-bond acceptors (Lipinski definition) is 3. The standard InChI is InChI=1S/C13H12O3/c1-2-16-13(14)12-9-15-8-11(12)10-6-4-3-5-7-10/h3-9H,2H2,1H3. The topological polar surface area (TPSA) is 39.4 Å². The average molecular weight is 216 g/mol. The summed E-state index contributed by atoms with van der Waals surface area (Å²) in [4.78, 5) is 11.6. The largest absolute Gasteiger partial charge is 0.471 e. The molecule has 16 heavy (non-hydrogen) atoms. The van der Waals surface area contributed by atoms with Crippen molar-refractivity contribution in [3.8, 4) is 11.1 Å². The number of carbonyl (C=O) groups is 1. The molecule has 0 atom stereocenters. The van der Waals surface area contributed by atoms with Gasteiger partial charge >= 0.3 is 5.97 Å². The second kappa shape index (κ2) is 4.66. The Morgan fingerprint density at radius 3 is 2.69 bits per heavy atom. The van der Waals surface area contributed by atoms with Gasteiger partial charge < -0.3 is 9.15 Å². The van der Waals surface area contributed by atoms with Crippen molar-refractivity contribution in [1.82, 2.24) is 0 Å². The van der Waals surface area contributed by atoms with Crippen molar-refractivity contribution in [2.75, 3.05) is 6.61 Å². The molecule has 3 nitrogen and oxygen atoms in total. The molecule has 0 radical (unpaired) electrons. The lowest BCUT2D eigenvalue weighted by Gasteiger charge is -2.02. The van der Waals surface area contributed by atoms with E-state index in [1.165, 1.54) is 6.26 Å². The van der Waals surface area contributed by atoms with Gasteiger partial charge in [0.25, 0.3) is 0 Å². The van der Waals surface area contributed by atoms with Gasteiger partial charge in [-0.1, -0.05) is 30.3 Å². The van der Waals surface area contributed by atoms with Crippen molar-refractivity contribution < 1.29 is 13.9 Å². The Bertz CT molecular complexity index is 471. The Morgan fingerprint density at radius 1 is 1.25 bits per heavy atom. The van der Waals surface area contributed by atoms with Gasteiger partial charge in [0, 0.05) is 5.56 Å². The fraction of sp³-hybridized carbons (Fsp3) is 0.154. The highest BCUT2D eigenvalue weighted by molar-refractivity contribution is 5.96. The first-order valence-corrected chi connectivity index (χ1v) is 5.11. The molecule has 2 aromatic rings. The van der Waals surface area contributed by atoms with E-state index in [9.17, 15) is 4.79 Å². The molecule has 0 bridgehead atoms. The summed E-state index contributed by atoms with van der Waals surface area (Å²) in [6.07, 6.45) is 2.97. The van der Waals surface area contributed by atoms with Gasteiger partial charge in [0.1, 0.15) is 11.8 Å². The molecule has 3 heteroatoms. The molecular formula is C13H12O3. The summed E-state index contributed by atoms with van der Waals surface area (Å²) in [7, 11) is 0. The zero-order valence-corrected chi connectivity index (χ0v) is 8.97. The van der Waals surface area contributed by atoms with Crippen LogP contribution in [-0.2, 0) is 4.74 Å². The maximum absolute atomic E-state index is 11.6. The monoisotopic (exact) mass is 216 g/mol. The van der Waals surface area contributed by atoms with Crippen molar-refractivity contribution in [3.63, 3.8) is 0 Å². The first-order valence-electron chi connectivity index (χ1n) is 5.11. The van der Waals surface area contributed by atoms with Gasteiger partial charge in [0.05, 0.1) is 12.9 Å². The third-order valence-corrected chi connectivity index (χ3v) is 2.24. The molecule has 0 fully saturated rings. The van der Waals surface area contributed by atoms with E-state index in [2.05, 4.69) is 0 Å². The van der Waals surface area contributed by atoms with Crippen molar-refractivity contribution >= 4 is 5.97 Å². The van der Waals surface area contributed by atoms with E-state index < -0.39 is 0 Å². The molecule has 0 aliphatic heterocycles. The first-order chi connectivity index (χ1) is 7.83. The highest BCUT2D eigenvalue weighted by Gasteiger charge is 2.15. The molecule has 0 aliphatic rings. The lowest BCUT2D eigenvalue weighted by atomic mass is 10.1. The molecule has 0 unspecified atom stereocenters. The van der Waals surface area contributed by atoms with E-state index in [0.717, 1.165) is 11.1 Å². The molecule has 0 amide bonds. The van der Waals surface area contributed by atoms with Crippen LogP contribution in [0.1, 0.15) is 17.3 Å². The van der Waals surface area contributed by atoms with Crippen molar-refractivity contribution in [2.45, 2.75) is 6.92 Å². The van der Waals surface area contributed by atoms with Crippen LogP contribution in [0.15, 0.2) is 47.3 Å². The van der Waals surface area contributed by atoms with Crippen LogP contribution in [0.5, 0.6) is 0 Å². The number of hydrogen-bond donors (Lipinski definition) is 0. The van der Waals surface area contributed by atoms with Crippen LogP contribution >= 0.6 is 0 Å². The molecule has 1 aromatic carbocycles. The summed E-state index contributed by atoms with van der Waals surface area (Å²) in [5.74, 6) is -0.352. The van der Waals surface area contributed by atoms with Gasteiger partial charge in [-0.3, -0.25) is 0 Å². The van der Waals surface area contributed by atoms with Crippen LogP contribution in [0, 0.1) is 0 Å². The van der Waals surface area contributed by atoms with E-state index in [-0.39, 0.29) is 5.97 Å². The highest BCUT2D eigenvalue weighted by Crippen LogP contribution is 2.25. The van der Waals surface area contributed by atoms with Crippen LogP contribution in [0.2, 0.25) is 0 Å². The number of esters is 1. The van der Waals surface area contributed by atoms with E-state index >= 15 is 0 Å². The van der Waals surface area contributed by atoms with Gasteiger partial charge in [-0.25, -0.2) is 4.79 Å². The van der Waals surface area contributed by atoms with Crippen LogP contribution in [0.4, 0.5) is 0 Å². The van der Waals surface area contributed by atoms with Crippen LogP contribution in [0.25, 0.3) is 11.1 Å². The Balaban J connectivity index is 2.37. The Labute approximate surface area is 93.7 Å². The SMILES string of the molecule is CCOC(=O)c1cocc1-c1ccccc1. The van der Waals surface area contributed by atoms with Gasteiger partial charge in [-0.2, -0.15) is 0 Å². The van der Waals surface area contributed by atoms with Gasteiger partial charge in [0.2, 0.25) is 0 Å². The highest BCUT2D eigenvalue weighted by atomic mass is 16.5. The van der Waals surface area contributed by atoms with E-state index in [1.54, 1.807) is 13.2 Å². The smallest absolute Gasteiger partial charge is 0.342 e. The van der Waals surface area contributed by atoms with Crippen LogP contribution < -0.4 is 0 Å². The second-order valence-electron chi connectivity index (χ2n) is 3.29. The van der Waals surface area contributed by atoms with Gasteiger partial charge in [-0.15, -0.1) is 0 Å². The van der Waals surface area contributed by atoms with Gasteiger partial charge in [0.15, 0.2) is 0 Å². The second-order valence-corrected chi connectivity index (χ2v) is 3.29. The van der Waals surface area contributed by atoms with Gasteiger partial charge in [-0.05, 0) is 12.5 Å². The summed E-state index contributed by atoms with van der Waals surface area (Å²) in [6.45, 7) is 2.14. The number of benzene rings is 1. The van der Waals surface area contributed by atoms with Crippen molar-refractivity contribution in [1.29, 1.82) is 0 Å². The zero-order chi connectivity index (χ0) is 11.4. The molecule has 1 heterocycles. The third kappa shape index (κ3) is 1.98. The molecule has 0 aliphatic carbocycles. The molecular weight excluding hydrogens is 204 g/mol. The predicted octanol–water partition coefficient (Wildman–Crippen LogP) is 3.12. The Morgan fingerprint density at radius 2 is 2.00 bits per heavy atom. The normalized spacial score (nSPS) is 10.1. The fourth-order valence-corrected chi connectivity index (χ4v) is 1.51. The van der Waals surface area contributed by atoms with Crippen molar-refractivity contribution in [3.05, 3.63) is 48.4 Å². The Kier molecular flexibility index (Phi) is 3.05. The molecule has 0 saturated heterocycles. The summed E-state index contributed by atoms with van der Waals surface area (Å²) >= 11 is 0. The maximum atomic E-state index is 11.6. The first kappa shape index (κ1) is 10.5. The van der Waals surface area contributed by atoms with Crippen LogP contribution in [-0.4, -0.2) is 12.6 Å². The van der Waals surface area contributed by atoms with E-state index in [4.69, 9.17) is 9.15 Å². The third-order valence-electron chi connectivity index (χ3n) is 2.24. The molecule has 0 spiro atoms. The molecule has 1 aromatic heterocycles. The summed E-state index contributed by atoms with van der Waals surface area (Å²) in [6, 6.07) is 9.60. The molecule has 82 valence electrons. The molecule has 0 N–H and O–H groups in total. The lowest BCUT2D eigenvalue weighted by molar-refractivity contribution is 0.0526. The van der Waals surface area contributed by atoms with Crippen LogP contribution in [0.3, 0.4) is 0 Å². The minimum Gasteiger partial charge on any atom is -0.471 e. The quantitative estimate of drug-likeness (QED) is 0.740. The molecule has 2 rings (SSSR count). The number of carbonyl (C=O) groups excluding carboxylic acids is 1. The number of furan rings is 1. The maximum Gasteiger partial charge on any atom is 0.342 e. The summed E-state index contributed by atoms with van der Waals surface area (Å²) < 4.78 is 10.0. The predicted molar refractivity (Wildman–Crippen MR) is 60.1 cm³/mol. The number of rotatable bonds is 3. The minimum absolute atomic E-state index is 0.352. The summed E-state index contributed by atoms with van der Waals surface area (Å²) in [5.41, 5.74) is 2.17. The zero-order valence-electron chi connectivity index (χ0n) is 8.97. The van der Waals surface area contributed by atoms with E-state index in [1.807, 2.05) is 30.3 Å². The van der Waals surface area contributed by atoms with E-state index in [0.29, 0.717) is 12.2 Å². The van der Waals surface area contributed by atoms with Crippen molar-refractivity contribution in [2.24, 2.45) is 0 Å². The minimum atomic E-state index is -0.352. The summed E-state index contributed by atoms with van der Waals surface area (Å²) in [5, 5.41) is 0. The lowest BCUT2D eigenvalue weighted by Crippen LogP contribution is -2.04. The molecule has 0 saturated carbocycles. The fourth-order valence-electron chi connectivity index (χ4n) is 1.51. The number of ether oxygens (including phenoxy) is 1. The Hall–Kier alpha value is -2.03. The average Bonchev–Trinajstić information content (AvgIpc) is 2.79.